The molecule has 3 nitrogen and oxygen atoms in total. The molecule has 0 aliphatic heterocycles. The third-order valence-electron chi connectivity index (χ3n) is 2.35. The van der Waals surface area contributed by atoms with Gasteiger partial charge in [-0.25, -0.2) is 4.98 Å². The molecule has 2 aromatic heterocycles. The predicted molar refractivity (Wildman–Crippen MR) is 60.4 cm³/mol. The van der Waals surface area contributed by atoms with Gasteiger partial charge in [0.1, 0.15) is 6.07 Å². The summed E-state index contributed by atoms with van der Waals surface area (Å²) in [5, 5.41) is 11.9. The van der Waals surface area contributed by atoms with E-state index < -0.39 is 0 Å². The van der Waals surface area contributed by atoms with Gasteiger partial charge in [0.2, 0.25) is 0 Å². The average Bonchev–Trinajstić information content (AvgIpc) is 2.71. The lowest BCUT2D eigenvalue weighted by Gasteiger charge is -2.03. The molecule has 0 saturated carbocycles. The molecule has 0 aliphatic rings. The number of hydrogen-bond donors (Lipinski definition) is 0. The van der Waals surface area contributed by atoms with Gasteiger partial charge in [-0.1, -0.05) is 0 Å². The van der Waals surface area contributed by atoms with E-state index in [0.717, 1.165) is 27.8 Å². The number of hydrogen-bond acceptors (Lipinski definition) is 3. The van der Waals surface area contributed by atoms with Crippen molar-refractivity contribution in [2.75, 3.05) is 0 Å². The van der Waals surface area contributed by atoms with E-state index in [-0.39, 0.29) is 0 Å². The third-order valence-corrected chi connectivity index (χ3v) is 3.29. The smallest absolute Gasteiger partial charge is 0.194 e. The van der Waals surface area contributed by atoms with Crippen LogP contribution in [0.25, 0.3) is 5.13 Å². The van der Waals surface area contributed by atoms with Crippen LogP contribution >= 0.6 is 11.3 Å². The Morgan fingerprint density at radius 2 is 2.13 bits per heavy atom. The van der Waals surface area contributed by atoms with E-state index in [1.807, 2.05) is 36.8 Å². The largest absolute Gasteiger partial charge is 0.293 e. The van der Waals surface area contributed by atoms with E-state index >= 15 is 0 Å². The van der Waals surface area contributed by atoms with E-state index in [4.69, 9.17) is 5.26 Å². The average molecular weight is 217 g/mol. The Bertz CT molecular complexity index is 543. The first kappa shape index (κ1) is 9.94. The summed E-state index contributed by atoms with van der Waals surface area (Å²) in [6.45, 7) is 5.91. The van der Waals surface area contributed by atoms with Crippen LogP contribution in [0, 0.1) is 32.1 Å². The highest BCUT2D eigenvalue weighted by Crippen LogP contribution is 2.22. The lowest BCUT2D eigenvalue weighted by Crippen LogP contribution is -1.98. The van der Waals surface area contributed by atoms with Gasteiger partial charge in [-0.2, -0.15) is 5.26 Å². The van der Waals surface area contributed by atoms with Crippen molar-refractivity contribution in [3.05, 3.63) is 34.1 Å². The Labute approximate surface area is 92.6 Å². The quantitative estimate of drug-likeness (QED) is 0.737. The normalized spacial score (nSPS) is 10.3. The molecule has 0 spiro atoms. The first-order valence-corrected chi connectivity index (χ1v) is 5.53. The first-order valence-electron chi connectivity index (χ1n) is 4.65. The van der Waals surface area contributed by atoms with Crippen LogP contribution in [0.4, 0.5) is 0 Å². The minimum absolute atomic E-state index is 0.723. The van der Waals surface area contributed by atoms with Crippen LogP contribution in [-0.4, -0.2) is 9.55 Å². The predicted octanol–water partition coefficient (Wildman–Crippen LogP) is 2.73. The maximum atomic E-state index is 8.93. The van der Waals surface area contributed by atoms with E-state index in [0.29, 0.717) is 0 Å². The standard InChI is InChI=1S/C11H11N3S/c1-7-6-15-11(13-7)14-8(2)4-10(5-12)9(14)3/h4,6H,1-3H3. The Kier molecular flexibility index (Phi) is 2.33. The van der Waals surface area contributed by atoms with Gasteiger partial charge in [0, 0.05) is 16.8 Å². The molecule has 0 atom stereocenters. The molecule has 15 heavy (non-hydrogen) atoms. The Morgan fingerprint density at radius 3 is 2.60 bits per heavy atom. The molecule has 0 saturated heterocycles. The topological polar surface area (TPSA) is 41.6 Å². The number of thiazole rings is 1. The van der Waals surface area contributed by atoms with Crippen molar-refractivity contribution in [1.82, 2.24) is 9.55 Å². The van der Waals surface area contributed by atoms with E-state index in [2.05, 4.69) is 11.1 Å². The SMILES string of the molecule is Cc1csc(-n2c(C)cc(C#N)c2C)n1. The van der Waals surface area contributed by atoms with Crippen LogP contribution in [0.2, 0.25) is 0 Å². The minimum Gasteiger partial charge on any atom is -0.293 e. The molecule has 76 valence electrons. The van der Waals surface area contributed by atoms with Crippen molar-refractivity contribution in [1.29, 1.82) is 5.26 Å². The maximum absolute atomic E-state index is 8.93. The van der Waals surface area contributed by atoms with E-state index in [1.54, 1.807) is 11.3 Å². The summed E-state index contributed by atoms with van der Waals surface area (Å²) in [5.41, 5.74) is 3.75. The van der Waals surface area contributed by atoms with E-state index in [9.17, 15) is 0 Å². The molecule has 0 bridgehead atoms. The van der Waals surface area contributed by atoms with Crippen LogP contribution in [0.15, 0.2) is 11.4 Å². The fourth-order valence-electron chi connectivity index (χ4n) is 1.61. The summed E-state index contributed by atoms with van der Waals surface area (Å²) in [7, 11) is 0. The Balaban J connectivity index is 2.63. The van der Waals surface area contributed by atoms with Crippen LogP contribution in [0.5, 0.6) is 0 Å². The second kappa shape index (κ2) is 3.52. The second-order valence-corrected chi connectivity index (χ2v) is 4.34. The summed E-state index contributed by atoms with van der Waals surface area (Å²) < 4.78 is 2.02. The highest BCUT2D eigenvalue weighted by atomic mass is 32.1. The van der Waals surface area contributed by atoms with Gasteiger partial charge >= 0.3 is 0 Å². The number of aryl methyl sites for hydroxylation is 2. The van der Waals surface area contributed by atoms with Gasteiger partial charge < -0.3 is 0 Å². The van der Waals surface area contributed by atoms with Crippen molar-refractivity contribution in [3.8, 4) is 11.2 Å². The van der Waals surface area contributed by atoms with Gasteiger partial charge in [-0.15, -0.1) is 11.3 Å². The lowest BCUT2D eigenvalue weighted by molar-refractivity contribution is 0.941. The van der Waals surface area contributed by atoms with Crippen LogP contribution in [0.3, 0.4) is 0 Å². The molecule has 0 aromatic carbocycles. The molecule has 2 heterocycles. The Hall–Kier alpha value is -1.60. The molecule has 0 radical (unpaired) electrons. The van der Waals surface area contributed by atoms with Crippen LogP contribution in [0.1, 0.15) is 22.6 Å². The van der Waals surface area contributed by atoms with Gasteiger partial charge in [-0.3, -0.25) is 4.57 Å². The monoisotopic (exact) mass is 217 g/mol. The van der Waals surface area contributed by atoms with Crippen LogP contribution < -0.4 is 0 Å². The summed E-state index contributed by atoms with van der Waals surface area (Å²) >= 11 is 1.60. The minimum atomic E-state index is 0.723. The zero-order valence-electron chi connectivity index (χ0n) is 8.90. The van der Waals surface area contributed by atoms with E-state index in [1.165, 1.54) is 0 Å². The number of rotatable bonds is 1. The van der Waals surface area contributed by atoms with Crippen molar-refractivity contribution < 1.29 is 0 Å². The maximum Gasteiger partial charge on any atom is 0.194 e. The summed E-state index contributed by atoms with van der Waals surface area (Å²) in [6, 6.07) is 4.08. The first-order chi connectivity index (χ1) is 7.13. The Morgan fingerprint density at radius 1 is 1.40 bits per heavy atom. The molecule has 0 unspecified atom stereocenters. The molecule has 0 fully saturated rings. The number of nitrogens with zero attached hydrogens (tertiary/aromatic N) is 3. The van der Waals surface area contributed by atoms with Crippen molar-refractivity contribution in [2.24, 2.45) is 0 Å². The highest BCUT2D eigenvalue weighted by molar-refractivity contribution is 7.12. The number of aromatic nitrogens is 2. The third kappa shape index (κ3) is 1.55. The molecule has 2 rings (SSSR count). The van der Waals surface area contributed by atoms with Gasteiger partial charge in [0.05, 0.1) is 11.3 Å². The lowest BCUT2D eigenvalue weighted by atomic mass is 10.3. The highest BCUT2D eigenvalue weighted by Gasteiger charge is 2.12. The zero-order chi connectivity index (χ0) is 11.0. The second-order valence-electron chi connectivity index (χ2n) is 3.50. The van der Waals surface area contributed by atoms with Crippen molar-refractivity contribution in [3.63, 3.8) is 0 Å². The molecule has 4 heteroatoms. The van der Waals surface area contributed by atoms with Gasteiger partial charge in [-0.05, 0) is 26.8 Å². The van der Waals surface area contributed by atoms with Gasteiger partial charge in [0.25, 0.3) is 0 Å². The molecular formula is C11H11N3S. The van der Waals surface area contributed by atoms with Crippen LogP contribution in [-0.2, 0) is 0 Å². The van der Waals surface area contributed by atoms with Gasteiger partial charge in [0.15, 0.2) is 5.13 Å². The van der Waals surface area contributed by atoms with Crippen molar-refractivity contribution in [2.45, 2.75) is 20.8 Å². The fourth-order valence-corrected chi connectivity index (χ4v) is 2.53. The molecular weight excluding hydrogens is 206 g/mol. The zero-order valence-corrected chi connectivity index (χ0v) is 9.72. The fraction of sp³-hybridized carbons (Fsp3) is 0.273. The number of nitriles is 1. The molecule has 0 amide bonds. The van der Waals surface area contributed by atoms with Crippen molar-refractivity contribution >= 4 is 11.3 Å². The molecule has 0 aliphatic carbocycles. The summed E-state index contributed by atoms with van der Waals surface area (Å²) in [4.78, 5) is 4.42. The summed E-state index contributed by atoms with van der Waals surface area (Å²) in [6.07, 6.45) is 0. The molecule has 0 N–H and O–H groups in total. The molecule has 2 aromatic rings. The summed E-state index contributed by atoms with van der Waals surface area (Å²) in [5.74, 6) is 0.